The van der Waals surface area contributed by atoms with E-state index in [1.54, 1.807) is 0 Å². The lowest BCUT2D eigenvalue weighted by Gasteiger charge is -2.36. The molecule has 0 aliphatic carbocycles. The number of amides is 1. The molecule has 0 bridgehead atoms. The van der Waals surface area contributed by atoms with E-state index in [1.165, 1.54) is 22.6 Å². The zero-order valence-corrected chi connectivity index (χ0v) is 20.7. The van der Waals surface area contributed by atoms with Crippen molar-refractivity contribution in [1.82, 2.24) is 10.2 Å². The number of anilines is 1. The molecule has 1 amide bonds. The molecule has 0 saturated carbocycles. The SMILES string of the molecule is Cc1ccc(C(=O)NCC(C)Oc2cccc(CN3CCN(c4cccc(Cl)c4)CC3)c2)s1. The van der Waals surface area contributed by atoms with Gasteiger partial charge in [0.25, 0.3) is 5.91 Å². The van der Waals surface area contributed by atoms with Crippen LogP contribution in [-0.2, 0) is 6.54 Å². The molecule has 1 saturated heterocycles. The van der Waals surface area contributed by atoms with E-state index in [4.69, 9.17) is 16.3 Å². The van der Waals surface area contributed by atoms with Crippen LogP contribution in [0.15, 0.2) is 60.7 Å². The van der Waals surface area contributed by atoms with Gasteiger partial charge in [0.2, 0.25) is 0 Å². The van der Waals surface area contributed by atoms with Gasteiger partial charge in [-0.15, -0.1) is 11.3 Å². The van der Waals surface area contributed by atoms with Crippen LogP contribution in [0.4, 0.5) is 5.69 Å². The Kier molecular flexibility index (Phi) is 7.91. The summed E-state index contributed by atoms with van der Waals surface area (Å²) in [5.74, 6) is 0.785. The largest absolute Gasteiger partial charge is 0.489 e. The van der Waals surface area contributed by atoms with Gasteiger partial charge in [0.05, 0.1) is 11.4 Å². The van der Waals surface area contributed by atoms with Crippen molar-refractivity contribution >= 4 is 34.5 Å². The Hall–Kier alpha value is -2.54. The molecule has 2 aromatic carbocycles. The number of nitrogens with zero attached hydrogens (tertiary/aromatic N) is 2. The molecule has 1 aromatic heterocycles. The first-order chi connectivity index (χ1) is 16.0. The lowest BCUT2D eigenvalue weighted by atomic mass is 10.1. The number of benzene rings is 2. The van der Waals surface area contributed by atoms with Crippen LogP contribution in [0, 0.1) is 6.92 Å². The van der Waals surface area contributed by atoms with E-state index in [9.17, 15) is 4.79 Å². The van der Waals surface area contributed by atoms with Crippen LogP contribution in [0.5, 0.6) is 5.75 Å². The van der Waals surface area contributed by atoms with Gasteiger partial charge in [-0.25, -0.2) is 0 Å². The number of hydrogen-bond donors (Lipinski definition) is 1. The summed E-state index contributed by atoms with van der Waals surface area (Å²) in [6.45, 7) is 9.30. The topological polar surface area (TPSA) is 44.8 Å². The van der Waals surface area contributed by atoms with Crippen LogP contribution in [-0.4, -0.2) is 49.6 Å². The molecule has 1 aliphatic rings. The molecule has 1 unspecified atom stereocenters. The van der Waals surface area contributed by atoms with Gasteiger partial charge in [-0.3, -0.25) is 9.69 Å². The van der Waals surface area contributed by atoms with Crippen molar-refractivity contribution in [3.63, 3.8) is 0 Å². The molecule has 0 spiro atoms. The van der Waals surface area contributed by atoms with Gasteiger partial charge in [-0.1, -0.05) is 29.8 Å². The van der Waals surface area contributed by atoms with Crippen molar-refractivity contribution in [2.45, 2.75) is 26.5 Å². The normalized spacial score (nSPS) is 15.3. The fourth-order valence-electron chi connectivity index (χ4n) is 3.97. The van der Waals surface area contributed by atoms with Gasteiger partial charge in [0.1, 0.15) is 11.9 Å². The van der Waals surface area contributed by atoms with Crippen molar-refractivity contribution < 1.29 is 9.53 Å². The van der Waals surface area contributed by atoms with Crippen LogP contribution in [0.3, 0.4) is 0 Å². The molecule has 174 valence electrons. The number of carbonyl (C=O) groups excluding carboxylic acids is 1. The number of rotatable bonds is 8. The van der Waals surface area contributed by atoms with E-state index in [1.807, 2.05) is 56.3 Å². The van der Waals surface area contributed by atoms with E-state index >= 15 is 0 Å². The molecule has 4 rings (SSSR count). The summed E-state index contributed by atoms with van der Waals surface area (Å²) in [4.78, 5) is 19.0. The number of piperazine rings is 1. The maximum Gasteiger partial charge on any atom is 0.261 e. The van der Waals surface area contributed by atoms with Crippen LogP contribution in [0.2, 0.25) is 5.02 Å². The third-order valence-corrected chi connectivity index (χ3v) is 6.94. The highest BCUT2D eigenvalue weighted by atomic mass is 35.5. The van der Waals surface area contributed by atoms with Crippen molar-refractivity contribution in [3.05, 3.63) is 81.0 Å². The van der Waals surface area contributed by atoms with Gasteiger partial charge in [-0.05, 0) is 61.9 Å². The van der Waals surface area contributed by atoms with E-state index in [2.05, 4.69) is 33.3 Å². The Morgan fingerprint density at radius 2 is 1.88 bits per heavy atom. The summed E-state index contributed by atoms with van der Waals surface area (Å²) in [6.07, 6.45) is -0.119. The standard InChI is InChI=1S/C26H30ClN3O2S/c1-19(17-28-26(31)25-10-9-20(2)33-25)32-24-8-3-5-21(15-24)18-29-11-13-30(14-12-29)23-7-4-6-22(27)16-23/h3-10,15-16,19H,11-14,17-18H2,1-2H3,(H,28,31). The lowest BCUT2D eigenvalue weighted by Crippen LogP contribution is -2.45. The Bertz CT molecular complexity index is 1080. The molecule has 1 atom stereocenters. The predicted molar refractivity (Wildman–Crippen MR) is 137 cm³/mol. The molecule has 7 heteroatoms. The number of nitrogens with one attached hydrogen (secondary N) is 1. The summed E-state index contributed by atoms with van der Waals surface area (Å²) in [6, 6.07) is 20.1. The molecular weight excluding hydrogens is 454 g/mol. The smallest absolute Gasteiger partial charge is 0.261 e. The Morgan fingerprint density at radius 3 is 2.61 bits per heavy atom. The van der Waals surface area contributed by atoms with Crippen LogP contribution in [0.1, 0.15) is 27.0 Å². The fourth-order valence-corrected chi connectivity index (χ4v) is 4.93. The first-order valence-corrected chi connectivity index (χ1v) is 12.5. The molecule has 1 fully saturated rings. The maximum absolute atomic E-state index is 12.2. The molecule has 2 heterocycles. The minimum Gasteiger partial charge on any atom is -0.489 e. The highest BCUT2D eigenvalue weighted by Crippen LogP contribution is 2.22. The number of thiophene rings is 1. The highest BCUT2D eigenvalue weighted by molar-refractivity contribution is 7.13. The second kappa shape index (κ2) is 11.1. The molecule has 5 nitrogen and oxygen atoms in total. The van der Waals surface area contributed by atoms with E-state index in [0.29, 0.717) is 6.54 Å². The number of halogens is 1. The van der Waals surface area contributed by atoms with E-state index < -0.39 is 0 Å². The summed E-state index contributed by atoms with van der Waals surface area (Å²) in [5.41, 5.74) is 2.42. The zero-order chi connectivity index (χ0) is 23.2. The summed E-state index contributed by atoms with van der Waals surface area (Å²) < 4.78 is 6.07. The predicted octanol–water partition coefficient (Wildman–Crippen LogP) is 5.23. The minimum absolute atomic E-state index is 0.0470. The fraction of sp³-hybridized carbons (Fsp3) is 0.346. The monoisotopic (exact) mass is 483 g/mol. The van der Waals surface area contributed by atoms with Crippen molar-refractivity contribution in [2.75, 3.05) is 37.6 Å². The lowest BCUT2D eigenvalue weighted by molar-refractivity contribution is 0.0936. The third kappa shape index (κ3) is 6.73. The highest BCUT2D eigenvalue weighted by Gasteiger charge is 2.18. The average molecular weight is 484 g/mol. The number of aryl methyl sites for hydroxylation is 1. The number of carbonyl (C=O) groups is 1. The molecule has 1 aliphatic heterocycles. The molecular formula is C26H30ClN3O2S. The maximum atomic E-state index is 12.2. The second-order valence-corrected chi connectivity index (χ2v) is 10.2. The Balaban J connectivity index is 1.24. The van der Waals surface area contributed by atoms with Crippen molar-refractivity contribution in [3.8, 4) is 5.75 Å². The zero-order valence-electron chi connectivity index (χ0n) is 19.1. The summed E-state index contributed by atoms with van der Waals surface area (Å²) in [5, 5.41) is 3.74. The molecule has 1 N–H and O–H groups in total. The average Bonchev–Trinajstić information content (AvgIpc) is 3.25. The Morgan fingerprint density at radius 1 is 1.09 bits per heavy atom. The van der Waals surface area contributed by atoms with E-state index in [0.717, 1.165) is 53.3 Å². The second-order valence-electron chi connectivity index (χ2n) is 8.44. The summed E-state index contributed by atoms with van der Waals surface area (Å²) >= 11 is 7.65. The van der Waals surface area contributed by atoms with Crippen LogP contribution < -0.4 is 15.0 Å². The van der Waals surface area contributed by atoms with Crippen molar-refractivity contribution in [2.24, 2.45) is 0 Å². The number of ether oxygens (including phenoxy) is 1. The quantitative estimate of drug-likeness (QED) is 0.476. The van der Waals surface area contributed by atoms with Gasteiger partial charge < -0.3 is 15.0 Å². The number of hydrogen-bond acceptors (Lipinski definition) is 5. The van der Waals surface area contributed by atoms with Gasteiger partial charge in [0, 0.05) is 48.3 Å². The van der Waals surface area contributed by atoms with E-state index in [-0.39, 0.29) is 12.0 Å². The van der Waals surface area contributed by atoms with Gasteiger partial charge in [0.15, 0.2) is 0 Å². The van der Waals surface area contributed by atoms with Crippen molar-refractivity contribution in [1.29, 1.82) is 0 Å². The van der Waals surface area contributed by atoms with Gasteiger partial charge >= 0.3 is 0 Å². The van der Waals surface area contributed by atoms with Crippen LogP contribution in [0.25, 0.3) is 0 Å². The molecule has 33 heavy (non-hydrogen) atoms. The van der Waals surface area contributed by atoms with Gasteiger partial charge in [-0.2, -0.15) is 0 Å². The van der Waals surface area contributed by atoms with Crippen LogP contribution >= 0.6 is 22.9 Å². The summed E-state index contributed by atoms with van der Waals surface area (Å²) in [7, 11) is 0. The molecule has 0 radical (unpaired) electrons. The first-order valence-electron chi connectivity index (χ1n) is 11.3. The first kappa shape index (κ1) is 23.6. The minimum atomic E-state index is -0.119. The Labute approximate surface area is 204 Å². The third-order valence-electron chi connectivity index (χ3n) is 5.70. The molecule has 3 aromatic rings.